The number of urea groups is 1. The highest BCUT2D eigenvalue weighted by molar-refractivity contribution is 5.98. The molecule has 3 unspecified atom stereocenters. The average molecular weight is 213 g/mol. The van der Waals surface area contributed by atoms with Gasteiger partial charge >= 0.3 is 6.03 Å². The van der Waals surface area contributed by atoms with Gasteiger partial charge in [0.2, 0.25) is 11.9 Å². The van der Waals surface area contributed by atoms with Gasteiger partial charge in [-0.2, -0.15) is 0 Å². The van der Waals surface area contributed by atoms with Gasteiger partial charge in [-0.1, -0.05) is 0 Å². The molecule has 2 N–H and O–H groups in total. The number of rotatable bonds is 1. The molecule has 7 heteroatoms. The van der Waals surface area contributed by atoms with E-state index in [4.69, 9.17) is 0 Å². The summed E-state index contributed by atoms with van der Waals surface area (Å²) in [5, 5.41) is 15.4. The van der Waals surface area contributed by atoms with Crippen LogP contribution in [0, 0.1) is 16.0 Å². The van der Waals surface area contributed by atoms with E-state index in [1.54, 1.807) is 0 Å². The third-order valence-electron chi connectivity index (χ3n) is 2.99. The first-order valence-corrected chi connectivity index (χ1v) is 4.84. The molecule has 3 amide bonds. The van der Waals surface area contributed by atoms with Gasteiger partial charge in [-0.05, 0) is 12.8 Å². The number of nitrogens with zero attached hydrogens (tertiary/aromatic N) is 1. The zero-order valence-corrected chi connectivity index (χ0v) is 7.93. The summed E-state index contributed by atoms with van der Waals surface area (Å²) in [6.45, 7) is 0. The normalized spacial score (nSPS) is 35.1. The lowest BCUT2D eigenvalue weighted by Crippen LogP contribution is -2.63. The van der Waals surface area contributed by atoms with E-state index in [-0.39, 0.29) is 6.04 Å². The lowest BCUT2D eigenvalue weighted by atomic mass is 9.79. The lowest BCUT2D eigenvalue weighted by Gasteiger charge is -2.35. The zero-order valence-electron chi connectivity index (χ0n) is 7.93. The molecule has 0 radical (unpaired) electrons. The summed E-state index contributed by atoms with van der Waals surface area (Å²) >= 11 is 0. The van der Waals surface area contributed by atoms with Gasteiger partial charge in [-0.25, -0.2) is 4.79 Å². The van der Waals surface area contributed by atoms with E-state index in [2.05, 4.69) is 10.6 Å². The van der Waals surface area contributed by atoms with Gasteiger partial charge in [-0.15, -0.1) is 0 Å². The van der Waals surface area contributed by atoms with Crippen LogP contribution in [0.5, 0.6) is 0 Å². The van der Waals surface area contributed by atoms with Crippen LogP contribution < -0.4 is 10.6 Å². The monoisotopic (exact) mass is 213 g/mol. The Kier molecular flexibility index (Phi) is 2.29. The second-order valence-corrected chi connectivity index (χ2v) is 3.88. The molecular weight excluding hydrogens is 202 g/mol. The van der Waals surface area contributed by atoms with Crippen molar-refractivity contribution >= 4 is 11.9 Å². The molecule has 82 valence electrons. The van der Waals surface area contributed by atoms with Crippen molar-refractivity contribution in [3.63, 3.8) is 0 Å². The van der Waals surface area contributed by atoms with Gasteiger partial charge in [0.1, 0.15) is 5.92 Å². The minimum Gasteiger partial charge on any atom is -0.334 e. The summed E-state index contributed by atoms with van der Waals surface area (Å²) in [6, 6.07) is -1.80. The molecule has 15 heavy (non-hydrogen) atoms. The quantitative estimate of drug-likeness (QED) is 0.458. The average Bonchev–Trinajstić information content (AvgIpc) is 2.16. The molecule has 0 aromatic rings. The standard InChI is InChI=1S/C8H11N3O4/c12-7-6-4(9-8(13)10-7)2-1-3-5(6)11(14)15/h4-6H,1-3H2,(H2,9,10,12,13). The first kappa shape index (κ1) is 9.88. The fourth-order valence-electron chi connectivity index (χ4n) is 2.33. The minimum atomic E-state index is -0.871. The Hall–Kier alpha value is -1.66. The van der Waals surface area contributed by atoms with E-state index >= 15 is 0 Å². The molecule has 1 aliphatic carbocycles. The van der Waals surface area contributed by atoms with Crippen LogP contribution >= 0.6 is 0 Å². The molecule has 7 nitrogen and oxygen atoms in total. The fourth-order valence-corrected chi connectivity index (χ4v) is 2.33. The van der Waals surface area contributed by atoms with E-state index in [1.807, 2.05) is 0 Å². The lowest BCUT2D eigenvalue weighted by molar-refractivity contribution is -0.533. The van der Waals surface area contributed by atoms with Crippen LogP contribution in [-0.4, -0.2) is 28.9 Å². The van der Waals surface area contributed by atoms with Crippen molar-refractivity contribution in [3.05, 3.63) is 10.1 Å². The molecule has 2 fully saturated rings. The highest BCUT2D eigenvalue weighted by atomic mass is 16.6. The number of nitrogens with one attached hydrogen (secondary N) is 2. The van der Waals surface area contributed by atoms with Gasteiger partial charge < -0.3 is 5.32 Å². The Balaban J connectivity index is 2.22. The molecule has 0 aromatic carbocycles. The van der Waals surface area contributed by atoms with Crippen molar-refractivity contribution in [1.29, 1.82) is 0 Å². The van der Waals surface area contributed by atoms with Crippen molar-refractivity contribution in [1.82, 2.24) is 10.6 Å². The number of carbonyl (C=O) groups excluding carboxylic acids is 2. The number of hydrogen-bond acceptors (Lipinski definition) is 4. The highest BCUT2D eigenvalue weighted by Crippen LogP contribution is 2.28. The number of imide groups is 1. The Morgan fingerprint density at radius 1 is 1.33 bits per heavy atom. The number of amides is 3. The van der Waals surface area contributed by atoms with Gasteiger partial charge in [-0.3, -0.25) is 20.2 Å². The van der Waals surface area contributed by atoms with Crippen molar-refractivity contribution in [3.8, 4) is 0 Å². The summed E-state index contributed by atoms with van der Waals surface area (Å²) in [7, 11) is 0. The van der Waals surface area contributed by atoms with Crippen LogP contribution in [0.15, 0.2) is 0 Å². The van der Waals surface area contributed by atoms with Crippen LogP contribution in [0.2, 0.25) is 0 Å². The highest BCUT2D eigenvalue weighted by Gasteiger charge is 2.48. The SMILES string of the molecule is O=C1NC(=O)C2C(CCCC2[N+](=O)[O-])N1. The molecule has 2 aliphatic rings. The predicted octanol–water partition coefficient (Wildman–Crippen LogP) is -0.360. The molecular formula is C8H11N3O4. The van der Waals surface area contributed by atoms with Crippen LogP contribution in [0.3, 0.4) is 0 Å². The molecule has 1 aliphatic heterocycles. The second kappa shape index (κ2) is 3.48. The van der Waals surface area contributed by atoms with Gasteiger partial charge in [0.25, 0.3) is 0 Å². The fraction of sp³-hybridized carbons (Fsp3) is 0.750. The minimum absolute atomic E-state index is 0.379. The summed E-state index contributed by atoms with van der Waals surface area (Å²) in [5.74, 6) is -1.24. The van der Waals surface area contributed by atoms with E-state index < -0.39 is 28.8 Å². The van der Waals surface area contributed by atoms with Gasteiger partial charge in [0.15, 0.2) is 0 Å². The summed E-state index contributed by atoms with van der Waals surface area (Å²) in [4.78, 5) is 32.8. The first-order valence-electron chi connectivity index (χ1n) is 4.84. The molecule has 1 saturated carbocycles. The van der Waals surface area contributed by atoms with E-state index in [0.717, 1.165) is 0 Å². The maximum Gasteiger partial charge on any atom is 0.321 e. The van der Waals surface area contributed by atoms with E-state index in [9.17, 15) is 19.7 Å². The summed E-state index contributed by atoms with van der Waals surface area (Å²) in [6.07, 6.45) is 1.70. The van der Waals surface area contributed by atoms with Crippen molar-refractivity contribution in [2.75, 3.05) is 0 Å². The van der Waals surface area contributed by atoms with E-state index in [0.29, 0.717) is 19.3 Å². The molecule has 0 bridgehead atoms. The summed E-state index contributed by atoms with van der Waals surface area (Å²) in [5.41, 5.74) is 0. The molecule has 0 spiro atoms. The van der Waals surface area contributed by atoms with Gasteiger partial charge in [0, 0.05) is 17.4 Å². The molecule has 1 saturated heterocycles. The molecule has 1 heterocycles. The zero-order chi connectivity index (χ0) is 11.0. The molecule has 3 atom stereocenters. The Labute approximate surface area is 85.4 Å². The maximum atomic E-state index is 11.5. The smallest absolute Gasteiger partial charge is 0.321 e. The van der Waals surface area contributed by atoms with Crippen molar-refractivity contribution < 1.29 is 14.5 Å². The van der Waals surface area contributed by atoms with Crippen LogP contribution in [-0.2, 0) is 4.79 Å². The Morgan fingerprint density at radius 2 is 2.07 bits per heavy atom. The topological polar surface area (TPSA) is 101 Å². The molecule has 0 aromatic heterocycles. The Bertz CT molecular complexity index is 330. The van der Waals surface area contributed by atoms with Crippen molar-refractivity contribution in [2.45, 2.75) is 31.3 Å². The number of carbonyl (C=O) groups is 2. The van der Waals surface area contributed by atoms with E-state index in [1.165, 1.54) is 0 Å². The third-order valence-corrected chi connectivity index (χ3v) is 2.99. The first-order chi connectivity index (χ1) is 7.09. The number of fused-ring (bicyclic) bond motifs is 1. The van der Waals surface area contributed by atoms with Crippen LogP contribution in [0.25, 0.3) is 0 Å². The predicted molar refractivity (Wildman–Crippen MR) is 48.6 cm³/mol. The van der Waals surface area contributed by atoms with Gasteiger partial charge in [0.05, 0.1) is 0 Å². The largest absolute Gasteiger partial charge is 0.334 e. The van der Waals surface area contributed by atoms with Crippen molar-refractivity contribution in [2.24, 2.45) is 5.92 Å². The van der Waals surface area contributed by atoms with Crippen LogP contribution in [0.4, 0.5) is 4.79 Å². The third kappa shape index (κ3) is 1.64. The summed E-state index contributed by atoms with van der Waals surface area (Å²) < 4.78 is 0. The maximum absolute atomic E-state index is 11.5. The second-order valence-electron chi connectivity index (χ2n) is 3.88. The Morgan fingerprint density at radius 3 is 2.73 bits per heavy atom. The number of hydrogen-bond donors (Lipinski definition) is 2. The number of nitro groups is 1. The molecule has 2 rings (SSSR count). The van der Waals surface area contributed by atoms with Crippen LogP contribution in [0.1, 0.15) is 19.3 Å².